The van der Waals surface area contributed by atoms with Crippen LogP contribution in [0.2, 0.25) is 0 Å². The molecule has 1 fully saturated rings. The maximum absolute atomic E-state index is 13.2. The predicted octanol–water partition coefficient (Wildman–Crippen LogP) is 5.00. The van der Waals surface area contributed by atoms with Gasteiger partial charge < -0.3 is 10.2 Å². The lowest BCUT2D eigenvalue weighted by Gasteiger charge is -2.42. The Morgan fingerprint density at radius 1 is 1.00 bits per heavy atom. The molecule has 0 radical (unpaired) electrons. The van der Waals surface area contributed by atoms with Crippen LogP contribution in [0.1, 0.15) is 44.6 Å². The van der Waals surface area contributed by atoms with E-state index in [1.54, 1.807) is 0 Å². The van der Waals surface area contributed by atoms with E-state index >= 15 is 0 Å². The van der Waals surface area contributed by atoms with Crippen molar-refractivity contribution in [1.29, 1.82) is 0 Å². The molecule has 1 unspecified atom stereocenters. The normalized spacial score (nSPS) is 20.0. The van der Waals surface area contributed by atoms with E-state index in [0.29, 0.717) is 38.9 Å². The summed E-state index contributed by atoms with van der Waals surface area (Å²) in [4.78, 5) is 28.2. The molecule has 2 aliphatic rings. The Hall–Kier alpha value is -2.88. The van der Waals surface area contributed by atoms with Gasteiger partial charge in [0.05, 0.1) is 5.41 Å². The smallest absolute Gasteiger partial charge is 0.226 e. The summed E-state index contributed by atoms with van der Waals surface area (Å²) in [5.74, 6) is 0.502. The number of rotatable bonds is 6. The fourth-order valence-electron chi connectivity index (χ4n) is 5.15. The van der Waals surface area contributed by atoms with Crippen molar-refractivity contribution in [2.24, 2.45) is 11.3 Å². The van der Waals surface area contributed by atoms with Crippen LogP contribution >= 0.6 is 0 Å². The van der Waals surface area contributed by atoms with Crippen molar-refractivity contribution >= 4 is 11.8 Å². The summed E-state index contributed by atoms with van der Waals surface area (Å²) < 4.78 is 0. The molecule has 2 amide bonds. The number of carbonyl (C=O) groups excluding carboxylic acids is 2. The van der Waals surface area contributed by atoms with E-state index < -0.39 is 5.41 Å². The van der Waals surface area contributed by atoms with Crippen LogP contribution in [0.15, 0.2) is 66.7 Å². The van der Waals surface area contributed by atoms with Crippen molar-refractivity contribution < 1.29 is 9.59 Å². The molecular weight excluding hydrogens is 396 g/mol. The number of amides is 2. The van der Waals surface area contributed by atoms with Gasteiger partial charge in [0.15, 0.2) is 0 Å². The van der Waals surface area contributed by atoms with Crippen molar-refractivity contribution in [3.63, 3.8) is 0 Å². The number of piperidine rings is 1. The zero-order valence-electron chi connectivity index (χ0n) is 19.1. The molecule has 0 bridgehead atoms. The van der Waals surface area contributed by atoms with Gasteiger partial charge in [-0.05, 0) is 62.1 Å². The molecule has 0 aromatic heterocycles. The van der Waals surface area contributed by atoms with Crippen molar-refractivity contribution in [3.8, 4) is 11.1 Å². The summed E-state index contributed by atoms with van der Waals surface area (Å²) in [7, 11) is 0. The molecule has 2 aromatic rings. The number of likely N-dealkylation sites (tertiary alicyclic amines) is 1. The predicted molar refractivity (Wildman–Crippen MR) is 129 cm³/mol. The molecule has 32 heavy (non-hydrogen) atoms. The SMILES string of the molecule is CCNC(=O)C1(Cc2cccc(-c3ccccc3)c2)CCN(C(=O)C2CC=CCC2)CC1. The zero-order chi connectivity index (χ0) is 22.4. The maximum atomic E-state index is 13.2. The number of nitrogens with one attached hydrogen (secondary N) is 1. The van der Waals surface area contributed by atoms with Crippen molar-refractivity contribution in [2.45, 2.75) is 45.4 Å². The Bertz CT molecular complexity index is 958. The number of carbonyl (C=O) groups is 2. The van der Waals surface area contributed by atoms with Gasteiger partial charge in [0.1, 0.15) is 0 Å². The number of nitrogens with zero attached hydrogens (tertiary/aromatic N) is 1. The van der Waals surface area contributed by atoms with Crippen LogP contribution in [0.4, 0.5) is 0 Å². The standard InChI is InChI=1S/C28H34N2O2/c1-2-29-27(32)28(16-18-30(19-17-28)26(31)24-13-7-4-8-14-24)21-22-10-9-15-25(20-22)23-11-5-3-6-12-23/h3-7,9-12,15,20,24H,2,8,13-14,16-19,21H2,1H3,(H,29,32). The summed E-state index contributed by atoms with van der Waals surface area (Å²) in [6.45, 7) is 3.92. The molecule has 1 N–H and O–H groups in total. The molecule has 0 spiro atoms. The lowest BCUT2D eigenvalue weighted by molar-refractivity contribution is -0.143. The van der Waals surface area contributed by atoms with Crippen LogP contribution in [0.5, 0.6) is 0 Å². The second-order valence-corrected chi connectivity index (χ2v) is 9.19. The minimum absolute atomic E-state index is 0.111. The molecular formula is C28H34N2O2. The second kappa shape index (κ2) is 10.2. The van der Waals surface area contributed by atoms with Gasteiger partial charge in [-0.25, -0.2) is 0 Å². The van der Waals surface area contributed by atoms with E-state index in [1.165, 1.54) is 16.7 Å². The van der Waals surface area contributed by atoms with E-state index in [0.717, 1.165) is 19.3 Å². The highest BCUT2D eigenvalue weighted by molar-refractivity contribution is 5.84. The summed E-state index contributed by atoms with van der Waals surface area (Å²) in [5.41, 5.74) is 3.07. The Morgan fingerprint density at radius 2 is 1.75 bits per heavy atom. The summed E-state index contributed by atoms with van der Waals surface area (Å²) in [6, 6.07) is 18.9. The number of hydrogen-bond donors (Lipinski definition) is 1. The van der Waals surface area contributed by atoms with Gasteiger partial charge in [-0.15, -0.1) is 0 Å². The Labute approximate surface area is 191 Å². The second-order valence-electron chi connectivity index (χ2n) is 9.19. The van der Waals surface area contributed by atoms with Crippen LogP contribution in [0, 0.1) is 11.3 Å². The monoisotopic (exact) mass is 430 g/mol. The molecule has 2 aromatic carbocycles. The average Bonchev–Trinajstić information content (AvgIpc) is 2.85. The molecule has 0 saturated carbocycles. The van der Waals surface area contributed by atoms with Crippen LogP contribution in [0.3, 0.4) is 0 Å². The molecule has 1 aliphatic heterocycles. The summed E-state index contributed by atoms with van der Waals surface area (Å²) in [6.07, 6.45) is 9.21. The fraction of sp³-hybridized carbons (Fsp3) is 0.429. The van der Waals surface area contributed by atoms with E-state index in [4.69, 9.17) is 0 Å². The van der Waals surface area contributed by atoms with E-state index in [2.05, 4.69) is 53.9 Å². The van der Waals surface area contributed by atoms with Gasteiger partial charge in [0.2, 0.25) is 11.8 Å². The first kappa shape index (κ1) is 22.3. The first-order valence-electron chi connectivity index (χ1n) is 12.0. The molecule has 1 aliphatic carbocycles. The molecule has 1 saturated heterocycles. The van der Waals surface area contributed by atoms with Gasteiger partial charge in [-0.3, -0.25) is 9.59 Å². The molecule has 4 nitrogen and oxygen atoms in total. The topological polar surface area (TPSA) is 49.4 Å². The quantitative estimate of drug-likeness (QED) is 0.656. The van der Waals surface area contributed by atoms with Crippen LogP contribution in [-0.2, 0) is 16.0 Å². The van der Waals surface area contributed by atoms with Gasteiger partial charge in [-0.2, -0.15) is 0 Å². The Morgan fingerprint density at radius 3 is 2.44 bits per heavy atom. The lowest BCUT2D eigenvalue weighted by Crippen LogP contribution is -2.52. The van der Waals surface area contributed by atoms with Crippen LogP contribution in [0.25, 0.3) is 11.1 Å². The summed E-state index contributed by atoms with van der Waals surface area (Å²) in [5, 5.41) is 3.08. The zero-order valence-corrected chi connectivity index (χ0v) is 19.1. The molecule has 1 heterocycles. The first-order valence-corrected chi connectivity index (χ1v) is 12.0. The maximum Gasteiger partial charge on any atom is 0.226 e. The van der Waals surface area contributed by atoms with Crippen LogP contribution in [-0.4, -0.2) is 36.3 Å². The molecule has 168 valence electrons. The van der Waals surface area contributed by atoms with Gasteiger partial charge >= 0.3 is 0 Å². The van der Waals surface area contributed by atoms with Gasteiger partial charge in [0, 0.05) is 25.6 Å². The first-order chi connectivity index (χ1) is 15.6. The largest absolute Gasteiger partial charge is 0.356 e. The Kier molecular flexibility index (Phi) is 7.09. The molecule has 4 rings (SSSR count). The van der Waals surface area contributed by atoms with E-state index in [1.807, 2.05) is 30.0 Å². The van der Waals surface area contributed by atoms with Gasteiger partial charge in [-0.1, -0.05) is 66.7 Å². The van der Waals surface area contributed by atoms with Crippen molar-refractivity contribution in [3.05, 3.63) is 72.3 Å². The highest BCUT2D eigenvalue weighted by Crippen LogP contribution is 2.37. The Balaban J connectivity index is 1.50. The number of hydrogen-bond acceptors (Lipinski definition) is 2. The molecule has 1 atom stereocenters. The number of benzene rings is 2. The van der Waals surface area contributed by atoms with Crippen molar-refractivity contribution in [1.82, 2.24) is 10.2 Å². The van der Waals surface area contributed by atoms with E-state index in [-0.39, 0.29) is 17.7 Å². The highest BCUT2D eigenvalue weighted by atomic mass is 16.2. The fourth-order valence-corrected chi connectivity index (χ4v) is 5.15. The third-order valence-electron chi connectivity index (χ3n) is 7.05. The van der Waals surface area contributed by atoms with Crippen LogP contribution < -0.4 is 5.32 Å². The minimum Gasteiger partial charge on any atom is -0.356 e. The number of allylic oxidation sites excluding steroid dienone is 2. The van der Waals surface area contributed by atoms with E-state index in [9.17, 15) is 9.59 Å². The molecule has 4 heteroatoms. The van der Waals surface area contributed by atoms with Gasteiger partial charge in [0.25, 0.3) is 0 Å². The van der Waals surface area contributed by atoms with Crippen molar-refractivity contribution in [2.75, 3.05) is 19.6 Å². The third-order valence-corrected chi connectivity index (χ3v) is 7.05. The summed E-state index contributed by atoms with van der Waals surface area (Å²) >= 11 is 0. The minimum atomic E-state index is -0.464. The lowest BCUT2D eigenvalue weighted by atomic mass is 9.72. The highest BCUT2D eigenvalue weighted by Gasteiger charge is 2.42. The average molecular weight is 431 g/mol. The third kappa shape index (κ3) is 4.95.